The number of nitriles is 1. The molecule has 3 atom stereocenters. The van der Waals surface area contributed by atoms with E-state index in [9.17, 15) is 10.1 Å². The average Bonchev–Trinajstić information content (AvgIpc) is 2.99. The van der Waals surface area contributed by atoms with Crippen LogP contribution < -0.4 is 5.32 Å². The topological polar surface area (TPSA) is 74.6 Å². The van der Waals surface area contributed by atoms with Crippen molar-refractivity contribution in [2.45, 2.75) is 57.5 Å². The summed E-state index contributed by atoms with van der Waals surface area (Å²) >= 11 is 0. The minimum atomic E-state index is -0.577. The van der Waals surface area contributed by atoms with Crippen molar-refractivity contribution in [2.75, 3.05) is 13.7 Å². The van der Waals surface area contributed by atoms with Crippen LogP contribution in [0.4, 0.5) is 4.79 Å². The summed E-state index contributed by atoms with van der Waals surface area (Å²) in [6.07, 6.45) is 0.112. The Kier molecular flexibility index (Phi) is 6.40. The lowest BCUT2D eigenvalue weighted by Crippen LogP contribution is -2.49. The van der Waals surface area contributed by atoms with E-state index in [1.54, 1.807) is 12.0 Å². The predicted octanol–water partition coefficient (Wildman–Crippen LogP) is 2.69. The second kappa shape index (κ2) is 8.32. The number of carbonyl (C=O) groups excluding carboxylic acids is 1. The molecular weight excluding hydrogens is 318 g/mol. The van der Waals surface area contributed by atoms with E-state index < -0.39 is 17.7 Å². The van der Waals surface area contributed by atoms with Crippen LogP contribution in [0.2, 0.25) is 0 Å². The van der Waals surface area contributed by atoms with E-state index in [0.29, 0.717) is 19.5 Å². The number of amides is 1. The van der Waals surface area contributed by atoms with Gasteiger partial charge in [0.15, 0.2) is 0 Å². The van der Waals surface area contributed by atoms with E-state index in [1.807, 2.05) is 51.1 Å². The second-order valence-corrected chi connectivity index (χ2v) is 7.27. The molecule has 1 aromatic rings. The first-order valence-corrected chi connectivity index (χ1v) is 8.53. The number of ether oxygens (including phenoxy) is 2. The highest BCUT2D eigenvalue weighted by molar-refractivity contribution is 5.69. The SMILES string of the molecule is CO[C@@H]1C[C@@H](C(C#N)NCc2ccccc2)N(C(=O)OC(C)(C)C)C1. The summed E-state index contributed by atoms with van der Waals surface area (Å²) in [7, 11) is 1.62. The van der Waals surface area contributed by atoms with Crippen LogP contribution in [0, 0.1) is 11.3 Å². The lowest BCUT2D eigenvalue weighted by Gasteiger charge is -2.30. The van der Waals surface area contributed by atoms with Gasteiger partial charge in [0.05, 0.1) is 24.8 Å². The summed E-state index contributed by atoms with van der Waals surface area (Å²) in [5.41, 5.74) is 0.514. The van der Waals surface area contributed by atoms with Gasteiger partial charge in [0, 0.05) is 13.7 Å². The number of carbonyl (C=O) groups is 1. The summed E-state index contributed by atoms with van der Waals surface area (Å²) < 4.78 is 10.9. The van der Waals surface area contributed by atoms with Crippen LogP contribution in [0.25, 0.3) is 0 Å². The molecule has 2 rings (SSSR count). The molecule has 0 radical (unpaired) electrons. The quantitative estimate of drug-likeness (QED) is 0.888. The Labute approximate surface area is 149 Å². The molecule has 136 valence electrons. The Morgan fingerprint density at radius 3 is 2.64 bits per heavy atom. The number of hydrogen-bond donors (Lipinski definition) is 1. The molecule has 1 unspecified atom stereocenters. The van der Waals surface area contributed by atoms with Gasteiger partial charge in [-0.1, -0.05) is 30.3 Å². The van der Waals surface area contributed by atoms with Crippen LogP contribution in [0.5, 0.6) is 0 Å². The zero-order chi connectivity index (χ0) is 18.4. The smallest absolute Gasteiger partial charge is 0.410 e. The standard InChI is InChI=1S/C19H27N3O3/c1-19(2,3)25-18(23)22-13-15(24-4)10-17(22)16(11-20)21-12-14-8-6-5-7-9-14/h5-9,15-17,21H,10,12-13H2,1-4H3/t15-,16?,17+/m1/s1. The molecule has 1 fully saturated rings. The molecule has 0 saturated carbocycles. The zero-order valence-corrected chi connectivity index (χ0v) is 15.4. The fraction of sp³-hybridized carbons (Fsp3) is 0.579. The number of likely N-dealkylation sites (tertiary alicyclic amines) is 1. The normalized spacial score (nSPS) is 21.6. The molecule has 1 heterocycles. The molecule has 25 heavy (non-hydrogen) atoms. The van der Waals surface area contributed by atoms with Crippen molar-refractivity contribution in [3.8, 4) is 6.07 Å². The minimum Gasteiger partial charge on any atom is -0.444 e. The van der Waals surface area contributed by atoms with Crippen molar-refractivity contribution < 1.29 is 14.3 Å². The Morgan fingerprint density at radius 1 is 1.40 bits per heavy atom. The summed E-state index contributed by atoms with van der Waals surface area (Å²) in [5, 5.41) is 12.9. The maximum atomic E-state index is 12.5. The summed E-state index contributed by atoms with van der Waals surface area (Å²) in [6, 6.07) is 11.4. The maximum Gasteiger partial charge on any atom is 0.410 e. The monoisotopic (exact) mass is 345 g/mol. The highest BCUT2D eigenvalue weighted by Gasteiger charge is 2.41. The second-order valence-electron chi connectivity index (χ2n) is 7.27. The van der Waals surface area contributed by atoms with Gasteiger partial charge >= 0.3 is 6.09 Å². The molecule has 1 amide bonds. The number of methoxy groups -OCH3 is 1. The van der Waals surface area contributed by atoms with E-state index in [0.717, 1.165) is 5.56 Å². The molecule has 1 aliphatic heterocycles. The van der Waals surface area contributed by atoms with Crippen molar-refractivity contribution in [2.24, 2.45) is 0 Å². The number of benzene rings is 1. The van der Waals surface area contributed by atoms with Gasteiger partial charge in [-0.25, -0.2) is 4.79 Å². The minimum absolute atomic E-state index is 0.0908. The Morgan fingerprint density at radius 2 is 2.08 bits per heavy atom. The van der Waals surface area contributed by atoms with Gasteiger partial charge in [0.1, 0.15) is 11.6 Å². The van der Waals surface area contributed by atoms with Crippen molar-refractivity contribution in [3.05, 3.63) is 35.9 Å². The predicted molar refractivity (Wildman–Crippen MR) is 94.8 cm³/mol. The number of rotatable bonds is 5. The molecule has 6 nitrogen and oxygen atoms in total. The summed E-state index contributed by atoms with van der Waals surface area (Å²) in [4.78, 5) is 14.2. The van der Waals surface area contributed by atoms with Crippen LogP contribution in [0.3, 0.4) is 0 Å². The van der Waals surface area contributed by atoms with Gasteiger partial charge in [-0.3, -0.25) is 10.2 Å². The molecule has 1 aliphatic rings. The van der Waals surface area contributed by atoms with E-state index in [4.69, 9.17) is 9.47 Å². The average molecular weight is 345 g/mol. The van der Waals surface area contributed by atoms with E-state index in [2.05, 4.69) is 11.4 Å². The summed E-state index contributed by atoms with van der Waals surface area (Å²) in [5.74, 6) is 0. The van der Waals surface area contributed by atoms with Crippen LogP contribution in [-0.2, 0) is 16.0 Å². The fourth-order valence-electron chi connectivity index (χ4n) is 2.93. The van der Waals surface area contributed by atoms with Crippen molar-refractivity contribution in [1.29, 1.82) is 5.26 Å². The van der Waals surface area contributed by atoms with Gasteiger partial charge in [-0.15, -0.1) is 0 Å². The lowest BCUT2D eigenvalue weighted by atomic mass is 10.1. The molecule has 1 N–H and O–H groups in total. The van der Waals surface area contributed by atoms with Gasteiger partial charge in [-0.05, 0) is 32.8 Å². The highest BCUT2D eigenvalue weighted by Crippen LogP contribution is 2.25. The van der Waals surface area contributed by atoms with Crippen molar-refractivity contribution in [1.82, 2.24) is 10.2 Å². The Bertz CT molecular complexity index is 607. The molecule has 1 saturated heterocycles. The van der Waals surface area contributed by atoms with Crippen LogP contribution in [-0.4, -0.2) is 48.4 Å². The molecule has 0 bridgehead atoms. The number of hydrogen-bond acceptors (Lipinski definition) is 5. The Hall–Kier alpha value is -2.10. The number of nitrogens with one attached hydrogen (secondary N) is 1. The first kappa shape index (κ1) is 19.2. The summed E-state index contributed by atoms with van der Waals surface area (Å²) in [6.45, 7) is 6.49. The van der Waals surface area contributed by atoms with Gasteiger partial charge in [0.25, 0.3) is 0 Å². The van der Waals surface area contributed by atoms with Crippen LogP contribution >= 0.6 is 0 Å². The van der Waals surface area contributed by atoms with Crippen LogP contribution in [0.1, 0.15) is 32.8 Å². The van der Waals surface area contributed by atoms with Gasteiger partial charge in [0.2, 0.25) is 0 Å². The molecular formula is C19H27N3O3. The Balaban J connectivity index is 2.08. The number of nitrogens with zero attached hydrogens (tertiary/aromatic N) is 2. The first-order valence-electron chi connectivity index (χ1n) is 8.53. The van der Waals surface area contributed by atoms with E-state index in [-0.39, 0.29) is 12.1 Å². The maximum absolute atomic E-state index is 12.5. The van der Waals surface area contributed by atoms with Crippen LogP contribution in [0.15, 0.2) is 30.3 Å². The molecule has 0 aliphatic carbocycles. The zero-order valence-electron chi connectivity index (χ0n) is 15.4. The largest absolute Gasteiger partial charge is 0.444 e. The third kappa shape index (κ3) is 5.45. The fourth-order valence-corrected chi connectivity index (χ4v) is 2.93. The van der Waals surface area contributed by atoms with Gasteiger partial charge < -0.3 is 9.47 Å². The third-order valence-electron chi connectivity index (χ3n) is 4.16. The van der Waals surface area contributed by atoms with Crippen molar-refractivity contribution in [3.63, 3.8) is 0 Å². The molecule has 6 heteroatoms. The lowest BCUT2D eigenvalue weighted by molar-refractivity contribution is 0.0183. The third-order valence-corrected chi connectivity index (χ3v) is 4.16. The molecule has 0 spiro atoms. The van der Waals surface area contributed by atoms with E-state index >= 15 is 0 Å². The van der Waals surface area contributed by atoms with Gasteiger partial charge in [-0.2, -0.15) is 5.26 Å². The van der Waals surface area contributed by atoms with E-state index in [1.165, 1.54) is 0 Å². The highest BCUT2D eigenvalue weighted by atomic mass is 16.6. The van der Waals surface area contributed by atoms with Crippen molar-refractivity contribution >= 4 is 6.09 Å². The molecule has 1 aromatic carbocycles. The first-order chi connectivity index (χ1) is 11.8. The molecule has 0 aromatic heterocycles.